The minimum Gasteiger partial charge on any atom is -0.506 e. The number of hydrogen-bond acceptors (Lipinski definition) is 6. The van der Waals surface area contributed by atoms with Crippen molar-refractivity contribution in [2.75, 3.05) is 11.5 Å². The van der Waals surface area contributed by atoms with Crippen LogP contribution in [0.3, 0.4) is 0 Å². The second-order valence-electron chi connectivity index (χ2n) is 7.28. The molecule has 6 N–H and O–H groups in total. The van der Waals surface area contributed by atoms with E-state index in [9.17, 15) is 10.2 Å². The molecule has 0 spiro atoms. The summed E-state index contributed by atoms with van der Waals surface area (Å²) in [5.74, 6) is 8.72. The number of hydrogen-bond donors (Lipinski definition) is 4. The van der Waals surface area contributed by atoms with E-state index in [2.05, 4.69) is 17.8 Å². The lowest BCUT2D eigenvalue weighted by Crippen LogP contribution is -1.97. The van der Waals surface area contributed by atoms with E-state index in [1.54, 1.807) is 30.3 Å². The topological polar surface area (TPSA) is 111 Å². The molecule has 0 aliphatic heterocycles. The number of benzene rings is 4. The highest BCUT2D eigenvalue weighted by atomic mass is 16.5. The highest BCUT2D eigenvalue weighted by Gasteiger charge is 2.18. The maximum Gasteiger partial charge on any atom is 0.152 e. The zero-order valence-corrected chi connectivity index (χ0v) is 17.8. The summed E-state index contributed by atoms with van der Waals surface area (Å²) in [4.78, 5) is 0. The molecule has 4 aromatic carbocycles. The van der Waals surface area contributed by atoms with Crippen molar-refractivity contribution >= 4 is 22.1 Å². The third-order valence-electron chi connectivity index (χ3n) is 5.09. The molecule has 4 aromatic rings. The number of aromatic hydroxyl groups is 2. The normalized spacial score (nSPS) is 10.1. The van der Waals surface area contributed by atoms with Crippen LogP contribution in [0.2, 0.25) is 0 Å². The molecule has 0 amide bonds. The van der Waals surface area contributed by atoms with Crippen LogP contribution >= 0.6 is 0 Å². The predicted octanol–water partition coefficient (Wildman–Crippen LogP) is 4.94. The standard InChI is InChI=1S/C28H18N2O4/c1-4-16-11-22-21(27(12-16)33-18-7-9-23(29)25(31)14-18)13-17(5-2)20(6-3)28(22)34-19-8-10-24(30)26(32)15-19/h1-3,7-15,31-32H,29-30H2. The third kappa shape index (κ3) is 3.94. The molecule has 6 nitrogen and oxygen atoms in total. The molecular weight excluding hydrogens is 428 g/mol. The Hall–Kier alpha value is -5.38. The van der Waals surface area contributed by atoms with Crippen molar-refractivity contribution in [3.05, 3.63) is 71.3 Å². The Kier molecular flexibility index (Phi) is 5.54. The second-order valence-corrected chi connectivity index (χ2v) is 7.28. The minimum atomic E-state index is -0.145. The molecular formula is C28H18N2O4. The molecule has 0 aliphatic rings. The Balaban J connectivity index is 1.98. The van der Waals surface area contributed by atoms with Gasteiger partial charge in [0.25, 0.3) is 0 Å². The van der Waals surface area contributed by atoms with E-state index in [1.165, 1.54) is 24.3 Å². The smallest absolute Gasteiger partial charge is 0.152 e. The monoisotopic (exact) mass is 446 g/mol. The van der Waals surface area contributed by atoms with Crippen molar-refractivity contribution in [1.29, 1.82) is 0 Å². The Morgan fingerprint density at radius 1 is 0.676 bits per heavy atom. The largest absolute Gasteiger partial charge is 0.506 e. The Morgan fingerprint density at radius 3 is 1.82 bits per heavy atom. The summed E-state index contributed by atoms with van der Waals surface area (Å²) in [5.41, 5.74) is 13.0. The van der Waals surface area contributed by atoms with Gasteiger partial charge in [0.05, 0.1) is 16.9 Å². The summed E-state index contributed by atoms with van der Waals surface area (Å²) in [7, 11) is 0. The summed E-state index contributed by atoms with van der Waals surface area (Å²) < 4.78 is 12.1. The maximum absolute atomic E-state index is 10.00. The van der Waals surface area contributed by atoms with Crippen LogP contribution in [0.15, 0.2) is 54.6 Å². The van der Waals surface area contributed by atoms with Gasteiger partial charge < -0.3 is 31.2 Å². The molecule has 0 heterocycles. The number of fused-ring (bicyclic) bond motifs is 1. The van der Waals surface area contributed by atoms with Crippen LogP contribution in [0.1, 0.15) is 16.7 Å². The minimum absolute atomic E-state index is 0.124. The van der Waals surface area contributed by atoms with Crippen LogP contribution in [0, 0.1) is 37.0 Å². The van der Waals surface area contributed by atoms with E-state index in [0.29, 0.717) is 39.0 Å². The fourth-order valence-corrected chi connectivity index (χ4v) is 3.39. The number of rotatable bonds is 4. The molecule has 0 unspecified atom stereocenters. The van der Waals surface area contributed by atoms with Gasteiger partial charge in [0.2, 0.25) is 0 Å². The number of phenols is 2. The van der Waals surface area contributed by atoms with Gasteiger partial charge in [0.15, 0.2) is 5.75 Å². The lowest BCUT2D eigenvalue weighted by molar-refractivity contribution is 0.456. The van der Waals surface area contributed by atoms with Crippen molar-refractivity contribution in [2.45, 2.75) is 0 Å². The van der Waals surface area contributed by atoms with E-state index in [-0.39, 0.29) is 34.4 Å². The molecule has 0 saturated heterocycles. The molecule has 4 rings (SSSR count). The highest BCUT2D eigenvalue weighted by Crippen LogP contribution is 2.42. The number of terminal acetylenes is 3. The maximum atomic E-state index is 10.00. The molecule has 0 atom stereocenters. The molecule has 0 aliphatic carbocycles. The van der Waals surface area contributed by atoms with Crippen LogP contribution in [0.4, 0.5) is 11.4 Å². The lowest BCUT2D eigenvalue weighted by Gasteiger charge is -2.17. The van der Waals surface area contributed by atoms with Gasteiger partial charge in [-0.2, -0.15) is 0 Å². The van der Waals surface area contributed by atoms with Crippen LogP contribution in [-0.2, 0) is 0 Å². The van der Waals surface area contributed by atoms with Gasteiger partial charge in [-0.05, 0) is 42.5 Å². The van der Waals surface area contributed by atoms with E-state index >= 15 is 0 Å². The van der Waals surface area contributed by atoms with Crippen molar-refractivity contribution in [2.24, 2.45) is 0 Å². The fraction of sp³-hybridized carbons (Fsp3) is 0. The Labute approximate surface area is 196 Å². The van der Waals surface area contributed by atoms with Gasteiger partial charge >= 0.3 is 0 Å². The molecule has 0 fully saturated rings. The van der Waals surface area contributed by atoms with Crippen molar-refractivity contribution in [3.63, 3.8) is 0 Å². The van der Waals surface area contributed by atoms with Gasteiger partial charge in [-0.25, -0.2) is 0 Å². The van der Waals surface area contributed by atoms with E-state index in [1.807, 2.05) is 0 Å². The third-order valence-corrected chi connectivity index (χ3v) is 5.09. The zero-order valence-electron chi connectivity index (χ0n) is 17.8. The van der Waals surface area contributed by atoms with Gasteiger partial charge in [-0.15, -0.1) is 19.3 Å². The van der Waals surface area contributed by atoms with Gasteiger partial charge in [-0.1, -0.05) is 17.8 Å². The van der Waals surface area contributed by atoms with Crippen LogP contribution in [-0.4, -0.2) is 10.2 Å². The first-order valence-electron chi connectivity index (χ1n) is 9.92. The van der Waals surface area contributed by atoms with Gasteiger partial charge in [0.1, 0.15) is 28.7 Å². The van der Waals surface area contributed by atoms with Crippen molar-refractivity contribution in [3.8, 4) is 71.5 Å². The fourth-order valence-electron chi connectivity index (χ4n) is 3.39. The number of anilines is 2. The lowest BCUT2D eigenvalue weighted by atomic mass is 9.97. The first-order valence-corrected chi connectivity index (χ1v) is 9.92. The van der Waals surface area contributed by atoms with E-state index in [0.717, 1.165) is 0 Å². The molecule has 0 aromatic heterocycles. The van der Waals surface area contributed by atoms with Crippen LogP contribution in [0.5, 0.6) is 34.5 Å². The molecule has 0 radical (unpaired) electrons. The number of ether oxygens (including phenoxy) is 2. The summed E-state index contributed by atoms with van der Waals surface area (Å²) in [6.07, 6.45) is 17.2. The zero-order chi connectivity index (χ0) is 24.4. The summed E-state index contributed by atoms with van der Waals surface area (Å²) >= 11 is 0. The Morgan fingerprint density at radius 2 is 1.29 bits per heavy atom. The molecule has 164 valence electrons. The summed E-state index contributed by atoms with van der Waals surface area (Å²) in [6.45, 7) is 0. The van der Waals surface area contributed by atoms with Gasteiger partial charge in [-0.3, -0.25) is 0 Å². The Bertz CT molecular complexity index is 1580. The molecule has 34 heavy (non-hydrogen) atoms. The van der Waals surface area contributed by atoms with Crippen molar-refractivity contribution < 1.29 is 19.7 Å². The van der Waals surface area contributed by atoms with Gasteiger partial charge in [0, 0.05) is 34.0 Å². The molecule has 0 bridgehead atoms. The number of nitrogens with two attached hydrogens (primary N) is 2. The highest BCUT2D eigenvalue weighted by molar-refractivity contribution is 5.98. The van der Waals surface area contributed by atoms with Crippen molar-refractivity contribution in [1.82, 2.24) is 0 Å². The first-order chi connectivity index (χ1) is 16.3. The average Bonchev–Trinajstić information content (AvgIpc) is 2.83. The SMILES string of the molecule is C#Cc1cc(Oc2ccc(N)c(O)c2)c2cc(C#C)c(C#C)c(Oc3ccc(N)c(O)c3)c2c1. The average molecular weight is 446 g/mol. The molecule has 6 heteroatoms. The van der Waals surface area contributed by atoms with Crippen LogP contribution in [0.25, 0.3) is 10.8 Å². The quantitative estimate of drug-likeness (QED) is 0.201. The first kappa shape index (κ1) is 21.8. The number of phenolic OH excluding ortho intramolecular Hbond substituents is 2. The second kappa shape index (κ2) is 8.63. The summed E-state index contributed by atoms with van der Waals surface area (Å²) in [5, 5.41) is 21.1. The van der Waals surface area contributed by atoms with Crippen LogP contribution < -0.4 is 20.9 Å². The predicted molar refractivity (Wildman–Crippen MR) is 133 cm³/mol. The number of nitrogen functional groups attached to an aromatic ring is 2. The van der Waals surface area contributed by atoms with E-state index < -0.39 is 0 Å². The van der Waals surface area contributed by atoms with E-state index in [4.69, 9.17) is 40.2 Å². The summed E-state index contributed by atoms with van der Waals surface area (Å²) in [6, 6.07) is 14.0. The molecule has 0 saturated carbocycles.